The van der Waals surface area contributed by atoms with E-state index in [1.165, 1.54) is 7.11 Å². The molecule has 1 fully saturated rings. The van der Waals surface area contributed by atoms with E-state index in [2.05, 4.69) is 4.98 Å². The number of H-pyrrole nitrogens is 1. The van der Waals surface area contributed by atoms with Gasteiger partial charge in [0.2, 0.25) is 0 Å². The van der Waals surface area contributed by atoms with Crippen molar-refractivity contribution in [3.8, 4) is 0 Å². The van der Waals surface area contributed by atoms with Crippen LogP contribution in [0.1, 0.15) is 38.2 Å². The van der Waals surface area contributed by atoms with Gasteiger partial charge >= 0.3 is 13.1 Å². The number of benzene rings is 1. The van der Waals surface area contributed by atoms with Crippen molar-refractivity contribution in [1.82, 2.24) is 4.98 Å². The normalized spacial score (nSPS) is 19.6. The zero-order chi connectivity index (χ0) is 16.1. The van der Waals surface area contributed by atoms with E-state index in [1.54, 1.807) is 6.07 Å². The predicted molar refractivity (Wildman–Crippen MR) is 85.4 cm³/mol. The Labute approximate surface area is 130 Å². The van der Waals surface area contributed by atoms with E-state index in [-0.39, 0.29) is 17.2 Å². The Morgan fingerprint density at radius 1 is 1.14 bits per heavy atom. The van der Waals surface area contributed by atoms with Gasteiger partial charge in [0, 0.05) is 10.9 Å². The van der Waals surface area contributed by atoms with Gasteiger partial charge in [0.25, 0.3) is 0 Å². The van der Waals surface area contributed by atoms with Crippen LogP contribution in [-0.4, -0.2) is 36.4 Å². The molecular formula is C16H20BNO4. The van der Waals surface area contributed by atoms with Gasteiger partial charge in [-0.1, -0.05) is 12.1 Å². The lowest BCUT2D eigenvalue weighted by molar-refractivity contribution is 0.00578. The van der Waals surface area contributed by atoms with E-state index < -0.39 is 7.12 Å². The van der Waals surface area contributed by atoms with Crippen molar-refractivity contribution >= 4 is 29.5 Å². The fourth-order valence-electron chi connectivity index (χ4n) is 2.49. The quantitative estimate of drug-likeness (QED) is 0.683. The molecule has 2 heterocycles. The Morgan fingerprint density at radius 3 is 2.36 bits per heavy atom. The summed E-state index contributed by atoms with van der Waals surface area (Å²) in [5.41, 5.74) is 1.46. The van der Waals surface area contributed by atoms with E-state index in [9.17, 15) is 4.79 Å². The first-order chi connectivity index (χ1) is 10.2. The summed E-state index contributed by atoms with van der Waals surface area (Å²) in [7, 11) is 0.947. The maximum absolute atomic E-state index is 11.6. The molecule has 2 aromatic rings. The molecule has 1 aliphatic rings. The Kier molecular flexibility index (Phi) is 3.34. The fraction of sp³-hybridized carbons (Fsp3) is 0.438. The maximum Gasteiger partial charge on any atom is 0.494 e. The molecule has 0 saturated carbocycles. The van der Waals surface area contributed by atoms with E-state index in [0.29, 0.717) is 5.69 Å². The molecule has 0 radical (unpaired) electrons. The number of nitrogens with one attached hydrogen (secondary N) is 1. The Balaban J connectivity index is 1.95. The fourth-order valence-corrected chi connectivity index (χ4v) is 2.49. The van der Waals surface area contributed by atoms with Gasteiger partial charge in [-0.05, 0) is 45.3 Å². The molecule has 0 aliphatic carbocycles. The van der Waals surface area contributed by atoms with Crippen LogP contribution in [0.25, 0.3) is 10.9 Å². The third-order valence-electron chi connectivity index (χ3n) is 4.58. The Hall–Kier alpha value is -1.79. The molecule has 5 nitrogen and oxygen atoms in total. The number of rotatable bonds is 2. The minimum Gasteiger partial charge on any atom is -0.464 e. The second-order valence-corrected chi connectivity index (χ2v) is 6.61. The summed E-state index contributed by atoms with van der Waals surface area (Å²) in [6.45, 7) is 8.09. The predicted octanol–water partition coefficient (Wildman–Crippen LogP) is 2.25. The molecule has 0 unspecified atom stereocenters. The van der Waals surface area contributed by atoms with Crippen LogP contribution < -0.4 is 5.46 Å². The first-order valence-electron chi connectivity index (χ1n) is 7.30. The van der Waals surface area contributed by atoms with Crippen LogP contribution in [0.15, 0.2) is 24.3 Å². The van der Waals surface area contributed by atoms with E-state index in [1.807, 2.05) is 45.9 Å². The number of carbonyl (C=O) groups is 1. The standard InChI is InChI=1S/C16H20BNO4/c1-15(2)16(3,4)22-17(21-15)11-7-6-10-8-13(14(19)20-5)18-12(10)9-11/h6-9,18H,1-5H3. The van der Waals surface area contributed by atoms with Crippen LogP contribution in [0.4, 0.5) is 0 Å². The molecule has 0 bridgehead atoms. The minimum absolute atomic E-state index is 0.375. The van der Waals surface area contributed by atoms with Crippen molar-refractivity contribution in [3.05, 3.63) is 30.0 Å². The zero-order valence-corrected chi connectivity index (χ0v) is 13.5. The van der Waals surface area contributed by atoms with Crippen LogP contribution in [-0.2, 0) is 14.0 Å². The first-order valence-corrected chi connectivity index (χ1v) is 7.30. The molecule has 6 heteroatoms. The average Bonchev–Trinajstić information content (AvgIpc) is 2.96. The average molecular weight is 301 g/mol. The summed E-state index contributed by atoms with van der Waals surface area (Å²) >= 11 is 0. The third-order valence-corrected chi connectivity index (χ3v) is 4.58. The molecule has 0 spiro atoms. The van der Waals surface area contributed by atoms with Crippen molar-refractivity contribution in [3.63, 3.8) is 0 Å². The molecule has 1 saturated heterocycles. The number of aromatic nitrogens is 1. The van der Waals surface area contributed by atoms with E-state index in [4.69, 9.17) is 14.0 Å². The van der Waals surface area contributed by atoms with Crippen molar-refractivity contribution in [2.24, 2.45) is 0 Å². The highest BCUT2D eigenvalue weighted by Gasteiger charge is 2.51. The van der Waals surface area contributed by atoms with Crippen molar-refractivity contribution in [1.29, 1.82) is 0 Å². The summed E-state index contributed by atoms with van der Waals surface area (Å²) in [6, 6.07) is 7.62. The summed E-state index contributed by atoms with van der Waals surface area (Å²) < 4.78 is 16.8. The number of fused-ring (bicyclic) bond motifs is 1. The number of methoxy groups -OCH3 is 1. The van der Waals surface area contributed by atoms with Gasteiger partial charge < -0.3 is 19.0 Å². The van der Waals surface area contributed by atoms with Gasteiger partial charge in [0.05, 0.1) is 18.3 Å². The number of ether oxygens (including phenoxy) is 1. The number of esters is 1. The SMILES string of the molecule is COC(=O)c1cc2ccc(B3OC(C)(C)C(C)(C)O3)cc2[nH]1. The van der Waals surface area contributed by atoms with Crippen molar-refractivity contribution in [2.45, 2.75) is 38.9 Å². The van der Waals surface area contributed by atoms with E-state index >= 15 is 0 Å². The second-order valence-electron chi connectivity index (χ2n) is 6.61. The maximum atomic E-state index is 11.6. The van der Waals surface area contributed by atoms with Crippen LogP contribution in [0.2, 0.25) is 0 Å². The largest absolute Gasteiger partial charge is 0.494 e. The molecule has 22 heavy (non-hydrogen) atoms. The molecule has 0 atom stereocenters. The summed E-state index contributed by atoms with van der Waals surface area (Å²) in [5.74, 6) is -0.381. The first kappa shape index (κ1) is 15.1. The second kappa shape index (κ2) is 4.86. The van der Waals surface area contributed by atoms with Gasteiger partial charge in [-0.2, -0.15) is 0 Å². The van der Waals surface area contributed by atoms with Crippen LogP contribution in [0.3, 0.4) is 0 Å². The highest BCUT2D eigenvalue weighted by molar-refractivity contribution is 6.62. The lowest BCUT2D eigenvalue weighted by Gasteiger charge is -2.32. The highest BCUT2D eigenvalue weighted by atomic mass is 16.7. The highest BCUT2D eigenvalue weighted by Crippen LogP contribution is 2.36. The number of aromatic amines is 1. The van der Waals surface area contributed by atoms with Crippen LogP contribution in [0.5, 0.6) is 0 Å². The smallest absolute Gasteiger partial charge is 0.464 e. The molecular weight excluding hydrogens is 281 g/mol. The lowest BCUT2D eigenvalue weighted by Crippen LogP contribution is -2.41. The number of carbonyl (C=O) groups excluding carboxylic acids is 1. The summed E-state index contributed by atoms with van der Waals surface area (Å²) in [6.07, 6.45) is 0. The molecule has 1 aromatic heterocycles. The Morgan fingerprint density at radius 2 is 1.77 bits per heavy atom. The van der Waals surface area contributed by atoms with Gasteiger partial charge in [-0.3, -0.25) is 0 Å². The lowest BCUT2D eigenvalue weighted by atomic mass is 9.79. The zero-order valence-electron chi connectivity index (χ0n) is 13.5. The van der Waals surface area contributed by atoms with Crippen molar-refractivity contribution in [2.75, 3.05) is 7.11 Å². The summed E-state index contributed by atoms with van der Waals surface area (Å²) in [4.78, 5) is 14.7. The molecule has 1 aromatic carbocycles. The van der Waals surface area contributed by atoms with Crippen LogP contribution in [0, 0.1) is 0 Å². The van der Waals surface area contributed by atoms with Crippen LogP contribution >= 0.6 is 0 Å². The van der Waals surface area contributed by atoms with Gasteiger partial charge in [0.1, 0.15) is 5.69 Å². The topological polar surface area (TPSA) is 60.6 Å². The minimum atomic E-state index is -0.417. The Bertz CT molecular complexity index is 719. The van der Waals surface area contributed by atoms with Gasteiger partial charge in [0.15, 0.2) is 0 Å². The molecule has 1 aliphatic heterocycles. The molecule has 0 amide bonds. The summed E-state index contributed by atoms with van der Waals surface area (Å²) in [5, 5.41) is 0.945. The molecule has 1 N–H and O–H groups in total. The third kappa shape index (κ3) is 2.32. The van der Waals surface area contributed by atoms with E-state index in [0.717, 1.165) is 16.4 Å². The monoisotopic (exact) mass is 301 g/mol. The number of hydrogen-bond acceptors (Lipinski definition) is 4. The van der Waals surface area contributed by atoms with Crippen molar-refractivity contribution < 1.29 is 18.8 Å². The number of hydrogen-bond donors (Lipinski definition) is 1. The molecule has 3 rings (SSSR count). The molecule has 116 valence electrons. The van der Waals surface area contributed by atoms with Gasteiger partial charge in [-0.15, -0.1) is 0 Å². The van der Waals surface area contributed by atoms with Gasteiger partial charge in [-0.25, -0.2) is 4.79 Å².